The Morgan fingerprint density at radius 3 is 0.955 bits per heavy atom. The number of rotatable bonds is 6. The van der Waals surface area contributed by atoms with Crippen molar-refractivity contribution in [1.82, 2.24) is 18.3 Å². The molecule has 4 aromatic heterocycles. The third kappa shape index (κ3) is 5.13. The fourth-order valence-electron chi connectivity index (χ4n) is 11.0. The highest BCUT2D eigenvalue weighted by Crippen LogP contribution is 2.44. The smallest absolute Gasteiger partial charge is 0.193 e. The lowest BCUT2D eigenvalue weighted by Crippen LogP contribution is -2.03. The van der Waals surface area contributed by atoms with Crippen LogP contribution in [0, 0.1) is 0 Å². The number of benzene rings is 10. The van der Waals surface area contributed by atoms with Gasteiger partial charge in [-0.05, 0) is 109 Å². The van der Waals surface area contributed by atoms with Crippen molar-refractivity contribution in [3.8, 4) is 22.7 Å². The number of fused-ring (bicyclic) bond motifs is 14. The lowest BCUT2D eigenvalue weighted by Gasteiger charge is -2.12. The average molecular weight is 843 g/mol. The summed E-state index contributed by atoms with van der Waals surface area (Å²) in [6.07, 6.45) is 0. The van der Waals surface area contributed by atoms with E-state index in [9.17, 15) is 4.79 Å². The van der Waals surface area contributed by atoms with E-state index in [1.165, 1.54) is 43.1 Å². The first-order valence-corrected chi connectivity index (χ1v) is 22.5. The van der Waals surface area contributed by atoms with Gasteiger partial charge < -0.3 is 18.3 Å². The zero-order valence-corrected chi connectivity index (χ0v) is 35.6. The lowest BCUT2D eigenvalue weighted by molar-refractivity contribution is 0.103. The van der Waals surface area contributed by atoms with Crippen LogP contribution in [0.1, 0.15) is 15.9 Å². The molecule has 5 nitrogen and oxygen atoms in total. The van der Waals surface area contributed by atoms with Gasteiger partial charge in [0, 0.05) is 77.0 Å². The van der Waals surface area contributed by atoms with Crippen LogP contribution in [0.4, 0.5) is 0 Å². The number of aromatic nitrogens is 4. The summed E-state index contributed by atoms with van der Waals surface area (Å²) in [5.74, 6) is -0.0146. The molecule has 0 bridgehead atoms. The monoisotopic (exact) mass is 842 g/mol. The molecule has 14 aromatic rings. The maximum Gasteiger partial charge on any atom is 0.193 e. The zero-order chi connectivity index (χ0) is 43.5. The topological polar surface area (TPSA) is 36.8 Å². The quantitative estimate of drug-likeness (QED) is 0.154. The summed E-state index contributed by atoms with van der Waals surface area (Å²) < 4.78 is 9.48. The van der Waals surface area contributed by atoms with Crippen molar-refractivity contribution in [2.75, 3.05) is 0 Å². The summed E-state index contributed by atoms with van der Waals surface area (Å²) in [5.41, 5.74) is 14.7. The van der Waals surface area contributed by atoms with Crippen molar-refractivity contribution in [3.05, 3.63) is 242 Å². The normalized spacial score (nSPS) is 12.0. The van der Waals surface area contributed by atoms with Gasteiger partial charge in [-0.15, -0.1) is 0 Å². The van der Waals surface area contributed by atoms with E-state index in [2.05, 4.69) is 225 Å². The Kier molecular flexibility index (Phi) is 7.77. The van der Waals surface area contributed by atoms with E-state index in [1.54, 1.807) is 0 Å². The van der Waals surface area contributed by atoms with Gasteiger partial charge in [-0.25, -0.2) is 0 Å². The molecule has 0 saturated heterocycles. The largest absolute Gasteiger partial charge is 0.309 e. The van der Waals surface area contributed by atoms with Crippen LogP contribution in [0.25, 0.3) is 110 Å². The third-order valence-corrected chi connectivity index (χ3v) is 13.7. The Morgan fingerprint density at radius 2 is 0.561 bits per heavy atom. The van der Waals surface area contributed by atoms with E-state index < -0.39 is 0 Å². The van der Waals surface area contributed by atoms with Crippen molar-refractivity contribution in [2.24, 2.45) is 0 Å². The van der Waals surface area contributed by atoms with Crippen LogP contribution < -0.4 is 0 Å². The van der Waals surface area contributed by atoms with Crippen molar-refractivity contribution < 1.29 is 4.79 Å². The zero-order valence-electron chi connectivity index (χ0n) is 35.6. The Morgan fingerprint density at radius 1 is 0.242 bits per heavy atom. The van der Waals surface area contributed by atoms with E-state index in [1.807, 2.05) is 24.3 Å². The van der Waals surface area contributed by atoms with E-state index >= 15 is 0 Å². The molecule has 0 saturated carbocycles. The Labute approximate surface area is 378 Å². The Hall–Kier alpha value is -8.93. The molecule has 0 N–H and O–H groups in total. The molecule has 66 heavy (non-hydrogen) atoms. The molecule has 4 heterocycles. The predicted molar refractivity (Wildman–Crippen MR) is 274 cm³/mol. The first-order chi connectivity index (χ1) is 32.7. The molecule has 0 aliphatic heterocycles. The van der Waals surface area contributed by atoms with Crippen LogP contribution in [0.2, 0.25) is 0 Å². The van der Waals surface area contributed by atoms with Crippen LogP contribution in [-0.4, -0.2) is 24.1 Å². The molecule has 0 amide bonds. The number of carbonyl (C=O) groups is 1. The summed E-state index contributed by atoms with van der Waals surface area (Å²) in [4.78, 5) is 14.4. The molecule has 308 valence electrons. The van der Waals surface area contributed by atoms with Crippen molar-refractivity contribution in [1.29, 1.82) is 0 Å². The van der Waals surface area contributed by atoms with Crippen molar-refractivity contribution in [3.63, 3.8) is 0 Å². The second-order valence-corrected chi connectivity index (χ2v) is 17.2. The highest BCUT2D eigenvalue weighted by atomic mass is 16.1. The Bertz CT molecular complexity index is 3990. The minimum absolute atomic E-state index is 0.0146. The standard InChI is InChI=1S/C61H38N4O/c66-61(39-27-31-43(32-28-39)64-51-23-11-7-19-45(51)47-35-37-55-57(59(47)64)49-21-9-13-25-53(49)62(55)41-15-3-1-4-16-41)40-29-33-44(34-30-40)65-52-24-12-8-20-46(52)48-36-38-56-58(60(48)65)50-22-10-14-26-54(50)63(56)42-17-5-2-6-18-42/h1-38H. The van der Waals surface area contributed by atoms with Gasteiger partial charge in [-0.1, -0.05) is 121 Å². The average Bonchev–Trinajstić information content (AvgIpc) is 4.12. The van der Waals surface area contributed by atoms with Crippen LogP contribution >= 0.6 is 0 Å². The van der Waals surface area contributed by atoms with Gasteiger partial charge in [-0.3, -0.25) is 4.79 Å². The van der Waals surface area contributed by atoms with Gasteiger partial charge in [0.2, 0.25) is 0 Å². The van der Waals surface area contributed by atoms with Gasteiger partial charge in [-0.2, -0.15) is 0 Å². The highest BCUT2D eigenvalue weighted by molar-refractivity contribution is 6.27. The van der Waals surface area contributed by atoms with Gasteiger partial charge in [0.25, 0.3) is 0 Å². The first-order valence-electron chi connectivity index (χ1n) is 22.5. The number of nitrogens with zero attached hydrogens (tertiary/aromatic N) is 4. The van der Waals surface area contributed by atoms with Crippen molar-refractivity contribution >= 4 is 93.0 Å². The second-order valence-electron chi connectivity index (χ2n) is 17.2. The minimum atomic E-state index is -0.0146. The van der Waals surface area contributed by atoms with E-state index in [0.29, 0.717) is 11.1 Å². The maximum atomic E-state index is 14.4. The number of ketones is 1. The molecule has 5 heteroatoms. The first kappa shape index (κ1) is 36.5. The number of carbonyl (C=O) groups excluding carboxylic acids is 1. The Balaban J connectivity index is 0.886. The molecule has 0 unspecified atom stereocenters. The van der Waals surface area contributed by atoms with E-state index in [4.69, 9.17) is 0 Å². The highest BCUT2D eigenvalue weighted by Gasteiger charge is 2.23. The van der Waals surface area contributed by atoms with Crippen molar-refractivity contribution in [2.45, 2.75) is 0 Å². The fourth-order valence-corrected chi connectivity index (χ4v) is 11.0. The SMILES string of the molecule is O=C(c1ccc(-n2c3ccccc3c3ccc4c(c5ccccc5n4-c4ccccc4)c32)cc1)c1ccc(-n2c3ccccc3c3ccc4c(c5ccccc5n4-c4ccccc4)c32)cc1. The van der Waals surface area contributed by atoms with Crippen LogP contribution in [0.3, 0.4) is 0 Å². The predicted octanol–water partition coefficient (Wildman–Crippen LogP) is 15.3. The summed E-state index contributed by atoms with van der Waals surface area (Å²) in [6, 6.07) is 81.2. The summed E-state index contributed by atoms with van der Waals surface area (Å²) in [5, 5.41) is 9.58. The molecule has 0 atom stereocenters. The van der Waals surface area contributed by atoms with Gasteiger partial charge in [0.15, 0.2) is 5.78 Å². The second kappa shape index (κ2) is 14.0. The van der Waals surface area contributed by atoms with Gasteiger partial charge in [0.1, 0.15) is 0 Å². The van der Waals surface area contributed by atoms with E-state index in [-0.39, 0.29) is 5.78 Å². The molecule has 10 aromatic carbocycles. The fraction of sp³-hybridized carbons (Fsp3) is 0. The molecule has 0 aliphatic rings. The summed E-state index contributed by atoms with van der Waals surface area (Å²) in [7, 11) is 0. The van der Waals surface area contributed by atoms with Crippen LogP contribution in [0.5, 0.6) is 0 Å². The molecule has 0 spiro atoms. The number of para-hydroxylation sites is 6. The molecular weight excluding hydrogens is 805 g/mol. The van der Waals surface area contributed by atoms with E-state index in [0.717, 1.165) is 66.9 Å². The number of hydrogen-bond donors (Lipinski definition) is 0. The third-order valence-electron chi connectivity index (χ3n) is 13.7. The number of hydrogen-bond acceptors (Lipinski definition) is 1. The summed E-state index contributed by atoms with van der Waals surface area (Å²) >= 11 is 0. The molecule has 0 aliphatic carbocycles. The molecule has 14 rings (SSSR count). The molecular formula is C61H38N4O. The van der Waals surface area contributed by atoms with Gasteiger partial charge in [0.05, 0.1) is 44.1 Å². The maximum absolute atomic E-state index is 14.4. The molecule has 0 radical (unpaired) electrons. The lowest BCUT2D eigenvalue weighted by atomic mass is 10.0. The molecule has 0 fully saturated rings. The van der Waals surface area contributed by atoms with Gasteiger partial charge >= 0.3 is 0 Å². The van der Waals surface area contributed by atoms with Crippen LogP contribution in [-0.2, 0) is 0 Å². The van der Waals surface area contributed by atoms with Crippen LogP contribution in [0.15, 0.2) is 231 Å². The summed E-state index contributed by atoms with van der Waals surface area (Å²) in [6.45, 7) is 0. The minimum Gasteiger partial charge on any atom is -0.309 e.